The quantitative estimate of drug-likeness (QED) is 0.0335. The first-order valence-electron chi connectivity index (χ1n) is 16.5. The van der Waals surface area contributed by atoms with E-state index in [-0.39, 0.29) is 5.97 Å². The molecule has 0 radical (unpaired) electrons. The molecule has 0 atom stereocenters. The number of unbranched alkanes of at least 4 members (excludes halogenated alkanes) is 3. The van der Waals surface area contributed by atoms with Gasteiger partial charge in [0.15, 0.2) is 0 Å². The second kappa shape index (κ2) is 18.4. The van der Waals surface area contributed by atoms with E-state index in [9.17, 15) is 9.59 Å². The minimum absolute atomic E-state index is 0.351. The van der Waals surface area contributed by atoms with Crippen LogP contribution in [-0.4, -0.2) is 32.2 Å². The van der Waals surface area contributed by atoms with Gasteiger partial charge in [0.05, 0.1) is 47.2 Å². The number of hydrogen-bond donors (Lipinski definition) is 0. The van der Waals surface area contributed by atoms with Crippen LogP contribution in [0.2, 0.25) is 0 Å². The standard InChI is InChI=1S/C40H38N6O5/c1-28(2)39(47)50-27-9-5-4-8-26-49-34-22-12-29(13-23-34)40(48)51-38-25-24-37(35-10-6-7-11-36(35)38)46-45-33-20-18-32(19-21-33)44-43-31-16-14-30(15-17-31)42-41-3/h6-7,10-25H,1,4-5,8-9,26-27H2,2-3H3. The Balaban J connectivity index is 1.13. The average Bonchev–Trinajstić information content (AvgIpc) is 3.16. The highest BCUT2D eigenvalue weighted by atomic mass is 16.5. The Morgan fingerprint density at radius 1 is 0.608 bits per heavy atom. The fourth-order valence-corrected chi connectivity index (χ4v) is 4.83. The van der Waals surface area contributed by atoms with E-state index in [0.29, 0.717) is 58.6 Å². The van der Waals surface area contributed by atoms with Gasteiger partial charge in [-0.2, -0.15) is 25.6 Å². The Labute approximate surface area is 296 Å². The summed E-state index contributed by atoms with van der Waals surface area (Å²) in [5.74, 6) is 0.257. The number of nitrogens with zero attached hydrogens (tertiary/aromatic N) is 6. The van der Waals surface area contributed by atoms with Gasteiger partial charge in [0.25, 0.3) is 0 Å². The largest absolute Gasteiger partial charge is 0.494 e. The molecular weight excluding hydrogens is 644 g/mol. The maximum Gasteiger partial charge on any atom is 0.343 e. The highest BCUT2D eigenvalue weighted by molar-refractivity contribution is 5.99. The van der Waals surface area contributed by atoms with Crippen molar-refractivity contribution in [3.8, 4) is 11.5 Å². The number of carbonyl (C=O) groups is 2. The zero-order chi connectivity index (χ0) is 35.8. The van der Waals surface area contributed by atoms with Gasteiger partial charge >= 0.3 is 11.9 Å². The summed E-state index contributed by atoms with van der Waals surface area (Å²) in [7, 11) is 1.62. The van der Waals surface area contributed by atoms with Crippen LogP contribution < -0.4 is 9.47 Å². The lowest BCUT2D eigenvalue weighted by atomic mass is 10.1. The third kappa shape index (κ3) is 10.8. The molecule has 0 heterocycles. The van der Waals surface area contributed by atoms with Gasteiger partial charge in [0, 0.05) is 23.4 Å². The molecule has 11 nitrogen and oxygen atoms in total. The molecule has 0 aliphatic heterocycles. The highest BCUT2D eigenvalue weighted by Gasteiger charge is 2.13. The lowest BCUT2D eigenvalue weighted by Gasteiger charge is -2.10. The molecule has 0 bridgehead atoms. The van der Waals surface area contributed by atoms with Crippen LogP contribution in [0.1, 0.15) is 43.0 Å². The SMILES string of the molecule is C=C(C)C(=O)OCCCCCCOc1ccc(C(=O)Oc2ccc(N=Nc3ccc(N=Nc4ccc(N=NC)cc4)cc3)c3ccccc23)cc1. The van der Waals surface area contributed by atoms with E-state index in [1.54, 1.807) is 50.4 Å². The van der Waals surface area contributed by atoms with Crippen molar-refractivity contribution in [2.75, 3.05) is 20.3 Å². The summed E-state index contributed by atoms with van der Waals surface area (Å²) in [4.78, 5) is 24.5. The molecule has 11 heteroatoms. The second-order valence-corrected chi connectivity index (χ2v) is 11.5. The summed E-state index contributed by atoms with van der Waals surface area (Å²) in [5.41, 5.74) is 4.22. The fourth-order valence-electron chi connectivity index (χ4n) is 4.83. The minimum Gasteiger partial charge on any atom is -0.494 e. The Kier molecular flexibility index (Phi) is 13.0. The smallest absolute Gasteiger partial charge is 0.343 e. The number of hydrogen-bond acceptors (Lipinski definition) is 11. The highest BCUT2D eigenvalue weighted by Crippen LogP contribution is 2.35. The van der Waals surface area contributed by atoms with Crippen molar-refractivity contribution in [2.24, 2.45) is 30.7 Å². The Morgan fingerprint density at radius 2 is 1.16 bits per heavy atom. The van der Waals surface area contributed by atoms with Crippen molar-refractivity contribution >= 4 is 51.1 Å². The maximum absolute atomic E-state index is 13.1. The van der Waals surface area contributed by atoms with Crippen molar-refractivity contribution in [2.45, 2.75) is 32.6 Å². The van der Waals surface area contributed by atoms with Crippen molar-refractivity contribution in [1.29, 1.82) is 0 Å². The molecule has 5 aromatic carbocycles. The number of fused-ring (bicyclic) bond motifs is 1. The van der Waals surface area contributed by atoms with E-state index in [4.69, 9.17) is 14.2 Å². The fraction of sp³-hybridized carbons (Fsp3) is 0.200. The van der Waals surface area contributed by atoms with Crippen LogP contribution in [-0.2, 0) is 9.53 Å². The summed E-state index contributed by atoms with van der Waals surface area (Å²) in [5, 5.41) is 26.7. The number of esters is 2. The first kappa shape index (κ1) is 35.9. The molecule has 0 amide bonds. The Hall–Kier alpha value is -6.36. The normalized spacial score (nSPS) is 11.4. The van der Waals surface area contributed by atoms with Crippen molar-refractivity contribution in [3.63, 3.8) is 0 Å². The van der Waals surface area contributed by atoms with Crippen LogP contribution in [0.3, 0.4) is 0 Å². The van der Waals surface area contributed by atoms with E-state index >= 15 is 0 Å². The van der Waals surface area contributed by atoms with Crippen LogP contribution in [0, 0.1) is 0 Å². The molecule has 0 saturated carbocycles. The zero-order valence-electron chi connectivity index (χ0n) is 28.6. The molecule has 0 spiro atoms. The molecule has 0 aliphatic rings. The molecule has 51 heavy (non-hydrogen) atoms. The summed E-state index contributed by atoms with van der Waals surface area (Å²) in [6.45, 7) is 6.15. The van der Waals surface area contributed by atoms with Gasteiger partial charge in [-0.25, -0.2) is 9.59 Å². The van der Waals surface area contributed by atoms with E-state index in [1.807, 2.05) is 72.8 Å². The van der Waals surface area contributed by atoms with Crippen LogP contribution in [0.5, 0.6) is 11.5 Å². The van der Waals surface area contributed by atoms with Gasteiger partial charge < -0.3 is 14.2 Å². The monoisotopic (exact) mass is 682 g/mol. The van der Waals surface area contributed by atoms with Crippen LogP contribution in [0.15, 0.2) is 152 Å². The third-order valence-electron chi connectivity index (χ3n) is 7.51. The van der Waals surface area contributed by atoms with E-state index < -0.39 is 5.97 Å². The zero-order valence-corrected chi connectivity index (χ0v) is 28.6. The van der Waals surface area contributed by atoms with E-state index in [1.165, 1.54) is 0 Å². The summed E-state index contributed by atoms with van der Waals surface area (Å²) in [6, 6.07) is 32.5. The molecular formula is C40H38N6O5. The molecule has 0 aliphatic carbocycles. The second-order valence-electron chi connectivity index (χ2n) is 11.5. The maximum atomic E-state index is 13.1. The van der Waals surface area contributed by atoms with E-state index in [0.717, 1.165) is 42.1 Å². The van der Waals surface area contributed by atoms with Gasteiger partial charge in [-0.15, -0.1) is 5.11 Å². The molecule has 5 aromatic rings. The van der Waals surface area contributed by atoms with Gasteiger partial charge in [-0.3, -0.25) is 0 Å². The van der Waals surface area contributed by atoms with Crippen LogP contribution in [0.4, 0.5) is 28.4 Å². The van der Waals surface area contributed by atoms with E-state index in [2.05, 4.69) is 37.3 Å². The summed E-state index contributed by atoms with van der Waals surface area (Å²) >= 11 is 0. The van der Waals surface area contributed by atoms with Crippen molar-refractivity contribution in [3.05, 3.63) is 127 Å². The number of rotatable bonds is 16. The number of ether oxygens (including phenoxy) is 3. The average molecular weight is 683 g/mol. The lowest BCUT2D eigenvalue weighted by Crippen LogP contribution is -2.08. The predicted molar refractivity (Wildman–Crippen MR) is 197 cm³/mol. The molecule has 0 unspecified atom stereocenters. The van der Waals surface area contributed by atoms with Gasteiger partial charge in [0.2, 0.25) is 0 Å². The summed E-state index contributed by atoms with van der Waals surface area (Å²) < 4.78 is 16.7. The van der Waals surface area contributed by atoms with Crippen LogP contribution in [0.25, 0.3) is 10.8 Å². The Morgan fingerprint density at radius 3 is 1.75 bits per heavy atom. The molecule has 0 fully saturated rings. The predicted octanol–water partition coefficient (Wildman–Crippen LogP) is 11.7. The minimum atomic E-state index is -0.481. The first-order chi connectivity index (χ1) is 24.9. The van der Waals surface area contributed by atoms with Crippen molar-refractivity contribution < 1.29 is 23.8 Å². The third-order valence-corrected chi connectivity index (χ3v) is 7.51. The number of carbonyl (C=O) groups excluding carboxylic acids is 2. The van der Waals surface area contributed by atoms with Gasteiger partial charge in [0.1, 0.15) is 11.5 Å². The molecule has 258 valence electrons. The number of benzene rings is 5. The van der Waals surface area contributed by atoms with Gasteiger partial charge in [-0.1, -0.05) is 30.8 Å². The first-order valence-corrected chi connectivity index (χ1v) is 16.5. The molecule has 0 aromatic heterocycles. The topological polar surface area (TPSA) is 136 Å². The van der Waals surface area contributed by atoms with Crippen LogP contribution >= 0.6 is 0 Å². The molecule has 0 N–H and O–H groups in total. The van der Waals surface area contributed by atoms with Gasteiger partial charge in [-0.05, 0) is 118 Å². The summed E-state index contributed by atoms with van der Waals surface area (Å²) in [6.07, 6.45) is 3.55. The molecule has 0 saturated heterocycles. The lowest BCUT2D eigenvalue weighted by molar-refractivity contribution is -0.139. The van der Waals surface area contributed by atoms with Crippen molar-refractivity contribution in [1.82, 2.24) is 0 Å². The molecule has 5 rings (SSSR count). The Bertz CT molecular complexity index is 2040. The number of azo groups is 3.